The van der Waals surface area contributed by atoms with Crippen molar-refractivity contribution in [3.05, 3.63) is 59.1 Å². The number of aromatic hydroxyl groups is 1. The average Bonchev–Trinajstić information content (AvgIpc) is 2.54. The summed E-state index contributed by atoms with van der Waals surface area (Å²) in [6.07, 6.45) is -0.0204. The van der Waals surface area contributed by atoms with Crippen LogP contribution in [0, 0.1) is 0 Å². The summed E-state index contributed by atoms with van der Waals surface area (Å²) >= 11 is 5.77. The van der Waals surface area contributed by atoms with Gasteiger partial charge in [-0.1, -0.05) is 35.9 Å². The minimum Gasteiger partial charge on any atom is -0.508 e. The van der Waals surface area contributed by atoms with Crippen LogP contribution in [0.25, 0.3) is 0 Å². The molecule has 0 aliphatic heterocycles. The Labute approximate surface area is 145 Å². The highest BCUT2D eigenvalue weighted by Crippen LogP contribution is 2.16. The van der Waals surface area contributed by atoms with Crippen molar-refractivity contribution < 1.29 is 18.3 Å². The summed E-state index contributed by atoms with van der Waals surface area (Å²) in [5.74, 6) is -0.230. The van der Waals surface area contributed by atoms with Crippen molar-refractivity contribution in [2.24, 2.45) is 0 Å². The summed E-state index contributed by atoms with van der Waals surface area (Å²) in [6.45, 7) is 0.133. The van der Waals surface area contributed by atoms with Crippen LogP contribution in [-0.2, 0) is 21.4 Å². The molecule has 0 saturated heterocycles. The zero-order valence-electron chi connectivity index (χ0n) is 12.7. The fourth-order valence-electron chi connectivity index (χ4n) is 1.96. The van der Waals surface area contributed by atoms with Gasteiger partial charge in [-0.25, -0.2) is 13.1 Å². The Kier molecular flexibility index (Phi) is 6.19. The molecule has 2 rings (SSSR count). The molecule has 0 unspecified atom stereocenters. The molecule has 0 aliphatic rings. The van der Waals surface area contributed by atoms with E-state index < -0.39 is 10.0 Å². The fraction of sp³-hybridized carbons (Fsp3) is 0.188. The lowest BCUT2D eigenvalue weighted by Crippen LogP contribution is -2.30. The number of amides is 1. The zero-order chi connectivity index (χ0) is 17.6. The SMILES string of the molecule is O=C(CCNS(=O)(=O)c1cccc(Cl)c1)NCc1ccccc1O. The molecule has 0 aromatic heterocycles. The molecule has 0 atom stereocenters. The topological polar surface area (TPSA) is 95.5 Å². The third-order valence-electron chi connectivity index (χ3n) is 3.22. The number of hydrogen-bond donors (Lipinski definition) is 3. The molecule has 0 bridgehead atoms. The van der Waals surface area contributed by atoms with Crippen LogP contribution in [0.2, 0.25) is 5.02 Å². The molecular formula is C16H17ClN2O4S. The highest BCUT2D eigenvalue weighted by atomic mass is 35.5. The number of hydrogen-bond acceptors (Lipinski definition) is 4. The number of nitrogens with one attached hydrogen (secondary N) is 2. The second kappa shape index (κ2) is 8.14. The number of rotatable bonds is 7. The molecule has 0 spiro atoms. The smallest absolute Gasteiger partial charge is 0.240 e. The number of halogens is 1. The Bertz CT molecular complexity index is 824. The maximum absolute atomic E-state index is 12.1. The quantitative estimate of drug-likeness (QED) is 0.696. The highest BCUT2D eigenvalue weighted by molar-refractivity contribution is 7.89. The van der Waals surface area contributed by atoms with Crippen molar-refractivity contribution in [3.63, 3.8) is 0 Å². The molecule has 3 N–H and O–H groups in total. The van der Waals surface area contributed by atoms with Crippen LogP contribution in [0.3, 0.4) is 0 Å². The molecule has 0 radical (unpaired) electrons. The largest absolute Gasteiger partial charge is 0.508 e. The first-order valence-corrected chi connectivity index (χ1v) is 9.03. The number of carbonyl (C=O) groups excluding carboxylic acids is 1. The Balaban J connectivity index is 1.81. The summed E-state index contributed by atoms with van der Waals surface area (Å²) in [6, 6.07) is 12.5. The van der Waals surface area contributed by atoms with E-state index in [-0.39, 0.29) is 36.1 Å². The van der Waals surface area contributed by atoms with Crippen LogP contribution < -0.4 is 10.0 Å². The van der Waals surface area contributed by atoms with Crippen molar-refractivity contribution in [1.29, 1.82) is 0 Å². The zero-order valence-corrected chi connectivity index (χ0v) is 14.3. The molecular weight excluding hydrogens is 352 g/mol. The maximum Gasteiger partial charge on any atom is 0.240 e. The van der Waals surface area contributed by atoms with E-state index in [0.717, 1.165) is 0 Å². The molecule has 0 fully saturated rings. The summed E-state index contributed by atoms with van der Waals surface area (Å²) in [5, 5.41) is 12.5. The van der Waals surface area contributed by atoms with Gasteiger partial charge in [0.2, 0.25) is 15.9 Å². The fourth-order valence-corrected chi connectivity index (χ4v) is 3.29. The van der Waals surface area contributed by atoms with Crippen LogP contribution in [0.1, 0.15) is 12.0 Å². The summed E-state index contributed by atoms with van der Waals surface area (Å²) < 4.78 is 26.5. The van der Waals surface area contributed by atoms with Gasteiger partial charge in [0.15, 0.2) is 0 Å². The van der Waals surface area contributed by atoms with Crippen LogP contribution in [0.5, 0.6) is 5.75 Å². The van der Waals surface area contributed by atoms with Crippen molar-refractivity contribution >= 4 is 27.5 Å². The lowest BCUT2D eigenvalue weighted by Gasteiger charge is -2.08. The maximum atomic E-state index is 12.1. The Morgan fingerprint density at radius 1 is 1.12 bits per heavy atom. The van der Waals surface area contributed by atoms with E-state index >= 15 is 0 Å². The van der Waals surface area contributed by atoms with Crippen molar-refractivity contribution in [2.45, 2.75) is 17.9 Å². The first-order valence-electron chi connectivity index (χ1n) is 7.17. The molecule has 2 aromatic carbocycles. The number of carbonyl (C=O) groups is 1. The van der Waals surface area contributed by atoms with E-state index in [0.29, 0.717) is 10.6 Å². The Hall–Kier alpha value is -2.09. The lowest BCUT2D eigenvalue weighted by molar-refractivity contribution is -0.121. The van der Waals surface area contributed by atoms with Gasteiger partial charge in [0.25, 0.3) is 0 Å². The first-order chi connectivity index (χ1) is 11.4. The monoisotopic (exact) mass is 368 g/mol. The van der Waals surface area contributed by atoms with Gasteiger partial charge in [-0.2, -0.15) is 0 Å². The van der Waals surface area contributed by atoms with Crippen LogP contribution >= 0.6 is 11.6 Å². The average molecular weight is 369 g/mol. The standard InChI is InChI=1S/C16H17ClN2O4S/c17-13-5-3-6-14(10-13)24(22,23)19-9-8-16(21)18-11-12-4-1-2-7-15(12)20/h1-7,10,19-20H,8-9,11H2,(H,18,21). The van der Waals surface area contributed by atoms with Gasteiger partial charge in [0.1, 0.15) is 5.75 Å². The first kappa shape index (κ1) is 18.3. The van der Waals surface area contributed by atoms with E-state index in [1.54, 1.807) is 24.3 Å². The van der Waals surface area contributed by atoms with Crippen molar-refractivity contribution in [1.82, 2.24) is 10.0 Å². The second-order valence-corrected chi connectivity index (χ2v) is 7.21. The molecule has 0 heterocycles. The second-order valence-electron chi connectivity index (χ2n) is 5.01. The molecule has 24 heavy (non-hydrogen) atoms. The Morgan fingerprint density at radius 3 is 2.58 bits per heavy atom. The predicted molar refractivity (Wildman–Crippen MR) is 91.2 cm³/mol. The van der Waals surface area contributed by atoms with Crippen molar-refractivity contribution in [2.75, 3.05) is 6.54 Å². The van der Waals surface area contributed by atoms with Gasteiger partial charge in [-0.3, -0.25) is 4.79 Å². The van der Waals surface area contributed by atoms with E-state index in [1.165, 1.54) is 24.3 Å². The normalized spacial score (nSPS) is 11.2. The molecule has 128 valence electrons. The third-order valence-corrected chi connectivity index (χ3v) is 4.91. The summed E-state index contributed by atoms with van der Waals surface area (Å²) in [4.78, 5) is 11.8. The number of sulfonamides is 1. The number of phenolic OH excluding ortho intramolecular Hbond substituents is 1. The van der Waals surface area contributed by atoms with Crippen molar-refractivity contribution in [3.8, 4) is 5.75 Å². The van der Waals surface area contributed by atoms with Gasteiger partial charge in [0, 0.05) is 30.1 Å². The number of phenols is 1. The predicted octanol–water partition coefficient (Wildman–Crippen LogP) is 2.03. The Morgan fingerprint density at radius 2 is 1.88 bits per heavy atom. The minimum absolute atomic E-state index is 0.0204. The van der Waals surface area contributed by atoms with Crippen LogP contribution in [0.4, 0.5) is 0 Å². The molecule has 1 amide bonds. The summed E-state index contributed by atoms with van der Waals surface area (Å²) in [7, 11) is -3.71. The molecule has 0 aliphatic carbocycles. The van der Waals surface area contributed by atoms with Gasteiger partial charge >= 0.3 is 0 Å². The molecule has 0 saturated carbocycles. The number of benzene rings is 2. The molecule has 8 heteroatoms. The lowest BCUT2D eigenvalue weighted by atomic mass is 10.2. The van der Waals surface area contributed by atoms with Gasteiger partial charge < -0.3 is 10.4 Å². The number of para-hydroxylation sites is 1. The molecule has 6 nitrogen and oxygen atoms in total. The van der Waals surface area contributed by atoms with E-state index in [9.17, 15) is 18.3 Å². The molecule has 2 aromatic rings. The minimum atomic E-state index is -3.71. The third kappa shape index (κ3) is 5.23. The van der Waals surface area contributed by atoms with Crippen LogP contribution in [-0.4, -0.2) is 26.0 Å². The van der Waals surface area contributed by atoms with E-state index in [2.05, 4.69) is 10.0 Å². The van der Waals surface area contributed by atoms with Gasteiger partial charge in [-0.15, -0.1) is 0 Å². The van der Waals surface area contributed by atoms with E-state index in [4.69, 9.17) is 11.6 Å². The van der Waals surface area contributed by atoms with Gasteiger partial charge in [-0.05, 0) is 24.3 Å². The van der Waals surface area contributed by atoms with Crippen LogP contribution in [0.15, 0.2) is 53.4 Å². The highest BCUT2D eigenvalue weighted by Gasteiger charge is 2.14. The summed E-state index contributed by atoms with van der Waals surface area (Å²) in [5.41, 5.74) is 0.588. The van der Waals surface area contributed by atoms with E-state index in [1.807, 2.05) is 0 Å². The van der Waals surface area contributed by atoms with Gasteiger partial charge in [0.05, 0.1) is 4.90 Å².